The van der Waals surface area contributed by atoms with E-state index in [1.165, 1.54) is 6.92 Å². The van der Waals surface area contributed by atoms with Crippen LogP contribution in [-0.4, -0.2) is 38.5 Å². The van der Waals surface area contributed by atoms with Crippen LogP contribution in [0.25, 0.3) is 11.0 Å². The van der Waals surface area contributed by atoms with Gasteiger partial charge in [0.05, 0.1) is 30.3 Å². The number of hydrogen-bond acceptors (Lipinski definition) is 7. The van der Waals surface area contributed by atoms with Crippen molar-refractivity contribution in [2.45, 2.75) is 65.5 Å². The molecule has 0 aliphatic heterocycles. The van der Waals surface area contributed by atoms with Gasteiger partial charge in [0.2, 0.25) is 0 Å². The van der Waals surface area contributed by atoms with Crippen molar-refractivity contribution in [1.29, 1.82) is 0 Å². The van der Waals surface area contributed by atoms with Crippen LogP contribution in [0.5, 0.6) is 0 Å². The highest BCUT2D eigenvalue weighted by Crippen LogP contribution is 2.38. The molecule has 2 heterocycles. The highest BCUT2D eigenvalue weighted by Gasteiger charge is 2.29. The van der Waals surface area contributed by atoms with Crippen molar-refractivity contribution in [2.75, 3.05) is 6.61 Å². The number of rotatable bonds is 8. The third kappa shape index (κ3) is 4.49. The maximum atomic E-state index is 12.5. The first-order valence-electron chi connectivity index (χ1n) is 11.0. The molecule has 3 aromatic rings. The summed E-state index contributed by atoms with van der Waals surface area (Å²) < 4.78 is 12.4. The normalized spacial score (nSPS) is 14.4. The fourth-order valence-corrected chi connectivity index (χ4v) is 3.98. The van der Waals surface area contributed by atoms with Gasteiger partial charge in [-0.25, -0.2) is 4.68 Å². The van der Waals surface area contributed by atoms with Gasteiger partial charge in [-0.1, -0.05) is 17.3 Å². The summed E-state index contributed by atoms with van der Waals surface area (Å²) in [5.74, 6) is -0.969. The number of pyridine rings is 1. The molecule has 1 aliphatic rings. The number of ether oxygens (including phenoxy) is 2. The lowest BCUT2D eigenvalue weighted by molar-refractivity contribution is -0.143. The maximum Gasteiger partial charge on any atom is 0.306 e. The number of benzene rings is 1. The zero-order valence-electron chi connectivity index (χ0n) is 18.9. The van der Waals surface area contributed by atoms with Gasteiger partial charge in [-0.3, -0.25) is 14.6 Å². The average Bonchev–Trinajstić information content (AvgIpc) is 3.51. The van der Waals surface area contributed by atoms with E-state index in [4.69, 9.17) is 14.5 Å². The number of carbonyl (C=O) groups is 2. The summed E-state index contributed by atoms with van der Waals surface area (Å²) in [5.41, 5.74) is 6.11. The standard InChI is InChI=1S/C24H28N4O4/c1-5-31-23(30)12-19(20-10-6-14(2)21(25-20)13-32-16(4)29)18-9-11-22-24(15(18)3)26-27-28(22)17-7-8-17/h6,9-11,17,19H,5,7-8,12-13H2,1-4H3. The number of esters is 2. The van der Waals surface area contributed by atoms with Gasteiger partial charge in [0.1, 0.15) is 12.1 Å². The Morgan fingerprint density at radius 2 is 1.94 bits per heavy atom. The van der Waals surface area contributed by atoms with Crippen molar-refractivity contribution in [3.8, 4) is 0 Å². The van der Waals surface area contributed by atoms with Gasteiger partial charge >= 0.3 is 11.9 Å². The van der Waals surface area contributed by atoms with Crippen LogP contribution in [0.4, 0.5) is 0 Å². The Balaban J connectivity index is 1.76. The van der Waals surface area contributed by atoms with Crippen LogP contribution in [0.1, 0.15) is 73.1 Å². The van der Waals surface area contributed by atoms with Crippen molar-refractivity contribution in [1.82, 2.24) is 20.0 Å². The lowest BCUT2D eigenvalue weighted by Crippen LogP contribution is -2.15. The zero-order chi connectivity index (χ0) is 22.8. The van der Waals surface area contributed by atoms with Gasteiger partial charge in [-0.15, -0.1) is 5.10 Å². The molecule has 1 saturated carbocycles. The molecule has 0 saturated heterocycles. The quantitative estimate of drug-likeness (QED) is 0.494. The Labute approximate surface area is 186 Å². The van der Waals surface area contributed by atoms with Crippen molar-refractivity contribution < 1.29 is 19.1 Å². The Kier molecular flexibility index (Phi) is 6.21. The molecule has 1 aliphatic carbocycles. The van der Waals surface area contributed by atoms with Crippen LogP contribution in [0.3, 0.4) is 0 Å². The van der Waals surface area contributed by atoms with E-state index in [2.05, 4.69) is 10.3 Å². The second kappa shape index (κ2) is 9.06. The Hall–Kier alpha value is -3.29. The summed E-state index contributed by atoms with van der Waals surface area (Å²) in [6.07, 6.45) is 2.41. The van der Waals surface area contributed by atoms with Crippen molar-refractivity contribution in [3.63, 3.8) is 0 Å². The van der Waals surface area contributed by atoms with Crippen LogP contribution in [0, 0.1) is 13.8 Å². The van der Waals surface area contributed by atoms with E-state index in [0.29, 0.717) is 18.3 Å². The second-order valence-electron chi connectivity index (χ2n) is 8.25. The van der Waals surface area contributed by atoms with E-state index >= 15 is 0 Å². The molecule has 2 aromatic heterocycles. The van der Waals surface area contributed by atoms with Gasteiger partial charge < -0.3 is 9.47 Å². The van der Waals surface area contributed by atoms with Gasteiger partial charge in [0.15, 0.2) is 0 Å². The summed E-state index contributed by atoms with van der Waals surface area (Å²) in [4.78, 5) is 28.5. The highest BCUT2D eigenvalue weighted by atomic mass is 16.5. The molecular formula is C24H28N4O4. The van der Waals surface area contributed by atoms with Crippen molar-refractivity contribution in [2.24, 2.45) is 0 Å². The van der Waals surface area contributed by atoms with E-state index < -0.39 is 0 Å². The van der Waals surface area contributed by atoms with Crippen LogP contribution in [-0.2, 0) is 25.7 Å². The number of carbonyl (C=O) groups excluding carboxylic acids is 2. The minimum Gasteiger partial charge on any atom is -0.466 e. The number of hydrogen-bond donors (Lipinski definition) is 0. The zero-order valence-corrected chi connectivity index (χ0v) is 18.9. The molecule has 0 amide bonds. The molecule has 1 aromatic carbocycles. The molecule has 8 heteroatoms. The average molecular weight is 437 g/mol. The number of aryl methyl sites for hydroxylation is 2. The Bertz CT molecular complexity index is 1170. The molecule has 1 fully saturated rings. The van der Waals surface area contributed by atoms with Crippen LogP contribution in [0.15, 0.2) is 24.3 Å². The molecule has 0 N–H and O–H groups in total. The molecule has 1 atom stereocenters. The first-order valence-corrected chi connectivity index (χ1v) is 11.0. The molecule has 4 rings (SSSR count). The fraction of sp³-hybridized carbons (Fsp3) is 0.458. The van der Waals surface area contributed by atoms with Crippen LogP contribution >= 0.6 is 0 Å². The van der Waals surface area contributed by atoms with Crippen LogP contribution in [0.2, 0.25) is 0 Å². The summed E-state index contributed by atoms with van der Waals surface area (Å²) >= 11 is 0. The minimum absolute atomic E-state index is 0.0921. The molecule has 0 radical (unpaired) electrons. The summed E-state index contributed by atoms with van der Waals surface area (Å²) in [5, 5.41) is 8.79. The lowest BCUT2D eigenvalue weighted by Gasteiger charge is -2.20. The molecule has 8 nitrogen and oxygen atoms in total. The number of aromatic nitrogens is 4. The smallest absolute Gasteiger partial charge is 0.306 e. The summed E-state index contributed by atoms with van der Waals surface area (Å²) in [6, 6.07) is 8.36. The predicted molar refractivity (Wildman–Crippen MR) is 118 cm³/mol. The third-order valence-electron chi connectivity index (χ3n) is 5.88. The van der Waals surface area contributed by atoms with Gasteiger partial charge in [-0.05, 0) is 62.4 Å². The predicted octanol–water partition coefficient (Wildman–Crippen LogP) is 3.93. The molecule has 32 heavy (non-hydrogen) atoms. The SMILES string of the molecule is CCOC(=O)CC(c1ccc(C)c(COC(C)=O)n1)c1ccc2c(nnn2C2CC2)c1C. The lowest BCUT2D eigenvalue weighted by atomic mass is 9.88. The van der Waals surface area contributed by atoms with E-state index in [1.807, 2.05) is 42.8 Å². The molecular weight excluding hydrogens is 408 g/mol. The van der Waals surface area contributed by atoms with Crippen LogP contribution < -0.4 is 0 Å². The summed E-state index contributed by atoms with van der Waals surface area (Å²) in [6.45, 7) is 7.50. The fourth-order valence-electron chi connectivity index (χ4n) is 3.98. The van der Waals surface area contributed by atoms with E-state index in [0.717, 1.165) is 46.3 Å². The van der Waals surface area contributed by atoms with Crippen molar-refractivity contribution >= 4 is 23.0 Å². The Morgan fingerprint density at radius 3 is 2.62 bits per heavy atom. The van der Waals surface area contributed by atoms with E-state index in [9.17, 15) is 9.59 Å². The van der Waals surface area contributed by atoms with Crippen molar-refractivity contribution in [3.05, 3.63) is 52.3 Å². The second-order valence-corrected chi connectivity index (χ2v) is 8.25. The number of fused-ring (bicyclic) bond motifs is 1. The van der Waals surface area contributed by atoms with E-state index in [-0.39, 0.29) is 30.9 Å². The van der Waals surface area contributed by atoms with Gasteiger partial charge in [0.25, 0.3) is 0 Å². The topological polar surface area (TPSA) is 96.2 Å². The number of nitrogens with zero attached hydrogens (tertiary/aromatic N) is 4. The summed E-state index contributed by atoms with van der Waals surface area (Å²) in [7, 11) is 0. The van der Waals surface area contributed by atoms with Gasteiger partial charge in [-0.2, -0.15) is 0 Å². The minimum atomic E-state index is -0.361. The van der Waals surface area contributed by atoms with E-state index in [1.54, 1.807) is 6.92 Å². The largest absolute Gasteiger partial charge is 0.466 e. The molecule has 0 bridgehead atoms. The monoisotopic (exact) mass is 436 g/mol. The maximum absolute atomic E-state index is 12.5. The highest BCUT2D eigenvalue weighted by molar-refractivity contribution is 5.80. The molecule has 168 valence electrons. The first-order chi connectivity index (χ1) is 15.4. The molecule has 1 unspecified atom stereocenters. The third-order valence-corrected chi connectivity index (χ3v) is 5.88. The molecule has 0 spiro atoms. The first kappa shape index (κ1) is 21.9. The van der Waals surface area contributed by atoms with Gasteiger partial charge in [0, 0.05) is 18.5 Å². The Morgan fingerprint density at radius 1 is 1.16 bits per heavy atom.